The molecule has 3 aromatic rings. The van der Waals surface area contributed by atoms with Crippen LogP contribution in [0.2, 0.25) is 0 Å². The van der Waals surface area contributed by atoms with Crippen molar-refractivity contribution in [3.8, 4) is 0 Å². The summed E-state index contributed by atoms with van der Waals surface area (Å²) in [4.78, 5) is 17.8. The molecule has 1 N–H and O–H groups in total. The summed E-state index contributed by atoms with van der Waals surface area (Å²) in [5, 5.41) is 8.45. The fourth-order valence-electron chi connectivity index (χ4n) is 3.97. The molecule has 0 unspecified atom stereocenters. The van der Waals surface area contributed by atoms with E-state index < -0.39 is 11.7 Å². The summed E-state index contributed by atoms with van der Waals surface area (Å²) in [5.74, 6) is 1.20. The Morgan fingerprint density at radius 2 is 2.00 bits per heavy atom. The third kappa shape index (κ3) is 3.73. The number of hydrogen-bond acceptors (Lipinski definition) is 3. The minimum Gasteiger partial charge on any atom is -0.350 e. The number of rotatable bonds is 3. The molecule has 29 heavy (non-hydrogen) atoms. The van der Waals surface area contributed by atoms with Crippen LogP contribution in [0.15, 0.2) is 24.5 Å². The molecule has 1 aromatic carbocycles. The topological polar surface area (TPSA) is 66.8 Å². The molecule has 0 spiro atoms. The highest BCUT2D eigenvalue weighted by Crippen LogP contribution is 2.33. The lowest BCUT2D eigenvalue weighted by Crippen LogP contribution is -2.39. The third-order valence-corrected chi connectivity index (χ3v) is 5.78. The van der Waals surface area contributed by atoms with Crippen molar-refractivity contribution in [1.82, 2.24) is 24.6 Å². The molecule has 0 aliphatic carbocycles. The van der Waals surface area contributed by atoms with Crippen LogP contribution in [0, 0.1) is 12.8 Å². The Kier molecular flexibility index (Phi) is 4.84. The van der Waals surface area contributed by atoms with E-state index in [-0.39, 0.29) is 5.91 Å². The summed E-state index contributed by atoms with van der Waals surface area (Å²) in [6.07, 6.45) is -0.195. The molecule has 1 saturated heterocycles. The fourth-order valence-corrected chi connectivity index (χ4v) is 3.97. The molecular weight excluding hydrogens is 383 g/mol. The molecule has 4 rings (SSSR count). The van der Waals surface area contributed by atoms with Gasteiger partial charge in [-0.25, -0.2) is 0 Å². The second-order valence-corrected chi connectivity index (χ2v) is 7.68. The van der Waals surface area contributed by atoms with Crippen LogP contribution in [0.4, 0.5) is 13.2 Å². The van der Waals surface area contributed by atoms with Crippen molar-refractivity contribution in [3.05, 3.63) is 47.2 Å². The molecular formula is C20H22F3N5O. The summed E-state index contributed by atoms with van der Waals surface area (Å²) in [6.45, 7) is 2.92. The van der Waals surface area contributed by atoms with E-state index in [1.807, 2.05) is 11.6 Å². The van der Waals surface area contributed by atoms with Crippen LogP contribution in [-0.2, 0) is 19.6 Å². The number of fused-ring (bicyclic) bond motifs is 1. The van der Waals surface area contributed by atoms with Gasteiger partial charge in [0.05, 0.1) is 5.56 Å². The highest BCUT2D eigenvalue weighted by molar-refractivity contribution is 6.01. The molecule has 6 nitrogen and oxygen atoms in total. The first-order valence-electron chi connectivity index (χ1n) is 9.55. The number of alkyl halides is 3. The third-order valence-electron chi connectivity index (χ3n) is 5.78. The van der Waals surface area contributed by atoms with Gasteiger partial charge in [0.1, 0.15) is 17.8 Å². The van der Waals surface area contributed by atoms with Crippen LogP contribution in [0.5, 0.6) is 0 Å². The second-order valence-electron chi connectivity index (χ2n) is 7.68. The van der Waals surface area contributed by atoms with Gasteiger partial charge in [-0.3, -0.25) is 4.79 Å². The SMILES string of the molecule is Cc1c(C(=O)N2CCC(Cc3nncn3C)CC2)[nH]c2ccc(C(F)(F)F)cc12. The van der Waals surface area contributed by atoms with Crippen LogP contribution in [-0.4, -0.2) is 43.6 Å². The Hall–Kier alpha value is -2.84. The van der Waals surface area contributed by atoms with Gasteiger partial charge < -0.3 is 14.5 Å². The van der Waals surface area contributed by atoms with Gasteiger partial charge in [0.25, 0.3) is 5.91 Å². The number of nitrogens with zero attached hydrogens (tertiary/aromatic N) is 4. The number of amides is 1. The lowest BCUT2D eigenvalue weighted by Gasteiger charge is -2.31. The lowest BCUT2D eigenvalue weighted by atomic mass is 9.93. The van der Waals surface area contributed by atoms with Crippen molar-refractivity contribution in [2.24, 2.45) is 13.0 Å². The minimum absolute atomic E-state index is 0.163. The first kappa shape index (κ1) is 19.5. The van der Waals surface area contributed by atoms with E-state index in [9.17, 15) is 18.0 Å². The zero-order chi connectivity index (χ0) is 20.8. The van der Waals surface area contributed by atoms with Gasteiger partial charge in [-0.05, 0) is 49.4 Å². The van der Waals surface area contributed by atoms with Crippen LogP contribution in [0.3, 0.4) is 0 Å². The van der Waals surface area contributed by atoms with Gasteiger partial charge in [-0.1, -0.05) is 0 Å². The van der Waals surface area contributed by atoms with E-state index >= 15 is 0 Å². The molecule has 1 aliphatic heterocycles. The Morgan fingerprint density at radius 3 is 2.62 bits per heavy atom. The summed E-state index contributed by atoms with van der Waals surface area (Å²) in [7, 11) is 1.91. The number of H-pyrrole nitrogens is 1. The average molecular weight is 405 g/mol. The molecule has 0 saturated carbocycles. The average Bonchev–Trinajstić information content (AvgIpc) is 3.24. The van der Waals surface area contributed by atoms with Gasteiger partial charge in [0.2, 0.25) is 0 Å². The van der Waals surface area contributed by atoms with Gasteiger partial charge in [-0.15, -0.1) is 10.2 Å². The molecule has 3 heterocycles. The predicted molar refractivity (Wildman–Crippen MR) is 101 cm³/mol. The number of benzene rings is 1. The van der Waals surface area contributed by atoms with Gasteiger partial charge in [0, 0.05) is 37.5 Å². The van der Waals surface area contributed by atoms with Crippen LogP contribution in [0.25, 0.3) is 10.9 Å². The zero-order valence-corrected chi connectivity index (χ0v) is 16.3. The second kappa shape index (κ2) is 7.20. The Balaban J connectivity index is 1.48. The van der Waals surface area contributed by atoms with Crippen molar-refractivity contribution in [2.45, 2.75) is 32.4 Å². The molecule has 0 atom stereocenters. The van der Waals surface area contributed by atoms with Crippen molar-refractivity contribution in [2.75, 3.05) is 13.1 Å². The number of likely N-dealkylation sites (tertiary alicyclic amines) is 1. The maximum absolute atomic E-state index is 13.0. The first-order chi connectivity index (χ1) is 13.7. The number of piperidine rings is 1. The minimum atomic E-state index is -4.41. The summed E-state index contributed by atoms with van der Waals surface area (Å²) in [6, 6.07) is 3.52. The summed E-state index contributed by atoms with van der Waals surface area (Å²) < 4.78 is 40.9. The molecule has 0 radical (unpaired) electrons. The van der Waals surface area contributed by atoms with E-state index in [0.717, 1.165) is 37.2 Å². The zero-order valence-electron chi connectivity index (χ0n) is 16.3. The molecule has 2 aromatic heterocycles. The highest BCUT2D eigenvalue weighted by atomic mass is 19.4. The molecule has 9 heteroatoms. The number of hydrogen-bond donors (Lipinski definition) is 1. The highest BCUT2D eigenvalue weighted by Gasteiger charge is 2.32. The van der Waals surface area contributed by atoms with E-state index in [4.69, 9.17) is 0 Å². The first-order valence-corrected chi connectivity index (χ1v) is 9.55. The van der Waals surface area contributed by atoms with Gasteiger partial charge >= 0.3 is 6.18 Å². The number of aromatic nitrogens is 4. The van der Waals surface area contributed by atoms with Gasteiger partial charge in [0.15, 0.2) is 0 Å². The maximum atomic E-state index is 13.0. The van der Waals surface area contributed by atoms with E-state index in [1.54, 1.807) is 18.2 Å². The molecule has 0 bridgehead atoms. The van der Waals surface area contributed by atoms with E-state index in [0.29, 0.717) is 41.2 Å². The number of halogens is 3. The molecule has 1 amide bonds. The lowest BCUT2D eigenvalue weighted by molar-refractivity contribution is -0.137. The molecule has 154 valence electrons. The quantitative estimate of drug-likeness (QED) is 0.722. The number of carbonyl (C=O) groups is 1. The molecule has 1 aliphatic rings. The fraction of sp³-hybridized carbons (Fsp3) is 0.450. The summed E-state index contributed by atoms with van der Waals surface area (Å²) >= 11 is 0. The number of aromatic amines is 1. The van der Waals surface area contributed by atoms with E-state index in [1.165, 1.54) is 6.07 Å². The number of aryl methyl sites for hydroxylation is 2. The summed E-state index contributed by atoms with van der Waals surface area (Å²) in [5.41, 5.74) is 0.745. The predicted octanol–water partition coefficient (Wildman–Crippen LogP) is 3.72. The normalized spacial score (nSPS) is 16.0. The molecule has 1 fully saturated rings. The number of carbonyl (C=O) groups excluding carboxylic acids is 1. The maximum Gasteiger partial charge on any atom is 0.416 e. The van der Waals surface area contributed by atoms with Crippen molar-refractivity contribution < 1.29 is 18.0 Å². The Labute approximate surface area is 165 Å². The van der Waals surface area contributed by atoms with Crippen molar-refractivity contribution in [1.29, 1.82) is 0 Å². The standard InChI is InChI=1S/C20H22F3N5O/c1-12-15-10-14(20(21,22)23)3-4-16(15)25-18(12)19(29)28-7-5-13(6-8-28)9-17-26-24-11-27(17)2/h3-4,10-11,13,25H,5-9H2,1-2H3. The van der Waals surface area contributed by atoms with Gasteiger partial charge in [-0.2, -0.15) is 13.2 Å². The smallest absolute Gasteiger partial charge is 0.350 e. The Morgan fingerprint density at radius 1 is 1.28 bits per heavy atom. The van der Waals surface area contributed by atoms with Crippen molar-refractivity contribution >= 4 is 16.8 Å². The monoisotopic (exact) mass is 405 g/mol. The van der Waals surface area contributed by atoms with Crippen LogP contribution < -0.4 is 0 Å². The largest absolute Gasteiger partial charge is 0.416 e. The van der Waals surface area contributed by atoms with Crippen molar-refractivity contribution in [3.63, 3.8) is 0 Å². The Bertz CT molecular complexity index is 1040. The van der Waals surface area contributed by atoms with Crippen LogP contribution >= 0.6 is 0 Å². The van der Waals surface area contributed by atoms with E-state index in [2.05, 4.69) is 15.2 Å². The van der Waals surface area contributed by atoms with Crippen LogP contribution in [0.1, 0.15) is 40.3 Å². The number of nitrogens with one attached hydrogen (secondary N) is 1.